The fourth-order valence-electron chi connectivity index (χ4n) is 5.12. The number of rotatable bonds is 3. The Hall–Kier alpha value is -1.13. The molecule has 136 valence electrons. The molecule has 1 aromatic carbocycles. The Labute approximate surface area is 157 Å². The average Bonchev–Trinajstić information content (AvgIpc) is 2.66. The van der Waals surface area contributed by atoms with Gasteiger partial charge in [0.15, 0.2) is 5.11 Å². The van der Waals surface area contributed by atoms with E-state index in [4.69, 9.17) is 12.2 Å². The Morgan fingerprint density at radius 1 is 1.28 bits per heavy atom. The van der Waals surface area contributed by atoms with Crippen LogP contribution in [0.15, 0.2) is 24.3 Å². The summed E-state index contributed by atoms with van der Waals surface area (Å²) in [5.41, 5.74) is 3.13. The predicted molar refractivity (Wildman–Crippen MR) is 108 cm³/mol. The van der Waals surface area contributed by atoms with Gasteiger partial charge in [-0.2, -0.15) is 0 Å². The van der Waals surface area contributed by atoms with Gasteiger partial charge in [0.05, 0.1) is 0 Å². The lowest BCUT2D eigenvalue weighted by atomic mass is 9.77. The first-order chi connectivity index (χ1) is 12.3. The van der Waals surface area contributed by atoms with Crippen LogP contribution in [0.1, 0.15) is 56.2 Å². The Morgan fingerprint density at radius 3 is 3.04 bits per heavy atom. The molecule has 1 N–H and O–H groups in total. The van der Waals surface area contributed by atoms with Crippen LogP contribution in [0.4, 0.5) is 0 Å². The standard InChI is InChI=1S/C21H31N3S/c1-2-3-11-22-21(25)24-12-6-8-17-15-23-13-10-16-7-4-5-9-18(16)20(23)14-19(17)24/h4-5,7,9,17,19-20H,2-3,6,8,10-15H2,1H3,(H,22,25). The van der Waals surface area contributed by atoms with Crippen LogP contribution in [0, 0.1) is 5.92 Å². The molecule has 2 fully saturated rings. The molecule has 3 aliphatic rings. The second kappa shape index (κ2) is 7.63. The maximum Gasteiger partial charge on any atom is 0.169 e. The van der Waals surface area contributed by atoms with E-state index in [9.17, 15) is 0 Å². The summed E-state index contributed by atoms with van der Waals surface area (Å²) in [5, 5.41) is 4.52. The number of hydrogen-bond donors (Lipinski definition) is 1. The zero-order valence-electron chi connectivity index (χ0n) is 15.4. The fourth-order valence-corrected chi connectivity index (χ4v) is 5.45. The minimum absolute atomic E-state index is 0.588. The topological polar surface area (TPSA) is 18.5 Å². The molecular weight excluding hydrogens is 326 g/mol. The largest absolute Gasteiger partial charge is 0.363 e. The number of fused-ring (bicyclic) bond motifs is 4. The van der Waals surface area contributed by atoms with E-state index in [1.54, 1.807) is 11.1 Å². The van der Waals surface area contributed by atoms with Crippen LogP contribution in [0.3, 0.4) is 0 Å². The number of nitrogens with zero attached hydrogens (tertiary/aromatic N) is 2. The average molecular weight is 358 g/mol. The van der Waals surface area contributed by atoms with Gasteiger partial charge in [-0.15, -0.1) is 0 Å². The first-order valence-corrected chi connectivity index (χ1v) is 10.5. The number of likely N-dealkylation sites (tertiary alicyclic amines) is 1. The van der Waals surface area contributed by atoms with E-state index in [2.05, 4.69) is 46.3 Å². The quantitative estimate of drug-likeness (QED) is 0.656. The van der Waals surface area contributed by atoms with Gasteiger partial charge < -0.3 is 10.2 Å². The molecule has 0 aliphatic carbocycles. The number of unbranched alkanes of at least 4 members (excludes halogenated alkanes) is 1. The van der Waals surface area contributed by atoms with Crippen LogP contribution >= 0.6 is 12.2 Å². The lowest BCUT2D eigenvalue weighted by Crippen LogP contribution is -2.59. The van der Waals surface area contributed by atoms with Crippen molar-refractivity contribution in [3.8, 4) is 0 Å². The third kappa shape index (κ3) is 3.43. The van der Waals surface area contributed by atoms with Gasteiger partial charge in [-0.25, -0.2) is 0 Å². The van der Waals surface area contributed by atoms with Gasteiger partial charge in [0, 0.05) is 38.3 Å². The van der Waals surface area contributed by atoms with E-state index >= 15 is 0 Å². The maximum absolute atomic E-state index is 5.78. The van der Waals surface area contributed by atoms with Gasteiger partial charge in [0.2, 0.25) is 0 Å². The summed E-state index contributed by atoms with van der Waals surface area (Å²) in [6.07, 6.45) is 7.51. The van der Waals surface area contributed by atoms with E-state index < -0.39 is 0 Å². The molecule has 3 unspecified atom stereocenters. The molecule has 1 aromatic rings. The van der Waals surface area contributed by atoms with Crippen LogP contribution in [-0.2, 0) is 6.42 Å². The number of thiocarbonyl (C=S) groups is 1. The molecule has 0 saturated carbocycles. The van der Waals surface area contributed by atoms with E-state index in [0.29, 0.717) is 12.1 Å². The Balaban J connectivity index is 1.51. The number of piperidine rings is 2. The summed E-state index contributed by atoms with van der Waals surface area (Å²) >= 11 is 5.78. The summed E-state index contributed by atoms with van der Waals surface area (Å²) in [7, 11) is 0. The molecule has 3 aliphatic heterocycles. The lowest BCUT2D eigenvalue weighted by Gasteiger charge is -2.53. The summed E-state index contributed by atoms with van der Waals surface area (Å²) in [6.45, 7) is 6.86. The Bertz CT molecular complexity index is 617. The minimum atomic E-state index is 0.588. The van der Waals surface area contributed by atoms with Crippen molar-refractivity contribution in [3.63, 3.8) is 0 Å². The molecule has 0 radical (unpaired) electrons. The Morgan fingerprint density at radius 2 is 2.16 bits per heavy atom. The lowest BCUT2D eigenvalue weighted by molar-refractivity contribution is 0.0166. The highest BCUT2D eigenvalue weighted by Gasteiger charge is 2.43. The fraction of sp³-hybridized carbons (Fsp3) is 0.667. The molecule has 0 aromatic heterocycles. The highest BCUT2D eigenvalue weighted by molar-refractivity contribution is 7.80. The van der Waals surface area contributed by atoms with Crippen molar-refractivity contribution in [1.82, 2.24) is 15.1 Å². The SMILES string of the molecule is CCCCNC(=S)N1CCCC2CN3CCc4ccccc4C3CC21. The molecule has 25 heavy (non-hydrogen) atoms. The van der Waals surface area contributed by atoms with Gasteiger partial charge in [0.25, 0.3) is 0 Å². The van der Waals surface area contributed by atoms with Gasteiger partial charge in [-0.05, 0) is 61.4 Å². The molecule has 2 saturated heterocycles. The third-order valence-corrected chi connectivity index (χ3v) is 6.82. The Kier molecular flexibility index (Phi) is 5.28. The summed E-state index contributed by atoms with van der Waals surface area (Å²) < 4.78 is 0. The van der Waals surface area contributed by atoms with Crippen molar-refractivity contribution < 1.29 is 0 Å². The second-order valence-corrected chi connectivity index (χ2v) is 8.33. The first kappa shape index (κ1) is 17.3. The van der Waals surface area contributed by atoms with Gasteiger partial charge in [-0.1, -0.05) is 37.6 Å². The number of nitrogens with one attached hydrogen (secondary N) is 1. The molecule has 0 bridgehead atoms. The van der Waals surface area contributed by atoms with Crippen LogP contribution in [0.25, 0.3) is 0 Å². The normalized spacial score (nSPS) is 28.7. The highest BCUT2D eigenvalue weighted by Crippen LogP contribution is 2.42. The van der Waals surface area contributed by atoms with Crippen LogP contribution in [0.5, 0.6) is 0 Å². The molecule has 4 heteroatoms. The van der Waals surface area contributed by atoms with Crippen LogP contribution < -0.4 is 5.32 Å². The van der Waals surface area contributed by atoms with E-state index in [-0.39, 0.29) is 0 Å². The minimum Gasteiger partial charge on any atom is -0.363 e. The van der Waals surface area contributed by atoms with Gasteiger partial charge >= 0.3 is 0 Å². The summed E-state index contributed by atoms with van der Waals surface area (Å²) in [6, 6.07) is 10.3. The molecule has 0 amide bonds. The molecule has 3 heterocycles. The number of benzene rings is 1. The van der Waals surface area contributed by atoms with Crippen molar-refractivity contribution in [3.05, 3.63) is 35.4 Å². The van der Waals surface area contributed by atoms with Crippen molar-refractivity contribution in [2.24, 2.45) is 5.92 Å². The van der Waals surface area contributed by atoms with Gasteiger partial charge in [0.1, 0.15) is 0 Å². The molecule has 4 rings (SSSR count). The monoisotopic (exact) mass is 357 g/mol. The van der Waals surface area contributed by atoms with Crippen LogP contribution in [0.2, 0.25) is 0 Å². The van der Waals surface area contributed by atoms with Crippen molar-refractivity contribution in [1.29, 1.82) is 0 Å². The highest BCUT2D eigenvalue weighted by atomic mass is 32.1. The first-order valence-electron chi connectivity index (χ1n) is 10.1. The predicted octanol–water partition coefficient (Wildman–Crippen LogP) is 3.74. The zero-order valence-corrected chi connectivity index (χ0v) is 16.2. The van der Waals surface area contributed by atoms with E-state index in [1.165, 1.54) is 51.6 Å². The maximum atomic E-state index is 5.78. The van der Waals surface area contributed by atoms with Gasteiger partial charge in [-0.3, -0.25) is 4.90 Å². The second-order valence-electron chi connectivity index (χ2n) is 7.94. The molecule has 0 spiro atoms. The van der Waals surface area contributed by atoms with Crippen LogP contribution in [-0.4, -0.2) is 47.1 Å². The van der Waals surface area contributed by atoms with Crippen molar-refractivity contribution >= 4 is 17.3 Å². The summed E-state index contributed by atoms with van der Waals surface area (Å²) in [5.74, 6) is 0.779. The number of hydrogen-bond acceptors (Lipinski definition) is 2. The third-order valence-electron chi connectivity index (χ3n) is 6.44. The van der Waals surface area contributed by atoms with Crippen molar-refractivity contribution in [2.75, 3.05) is 26.2 Å². The summed E-state index contributed by atoms with van der Waals surface area (Å²) in [4.78, 5) is 5.29. The molecule has 3 nitrogen and oxygen atoms in total. The van der Waals surface area contributed by atoms with E-state index in [1.807, 2.05) is 0 Å². The molecule has 3 atom stereocenters. The smallest absolute Gasteiger partial charge is 0.169 e. The van der Waals surface area contributed by atoms with Crippen molar-refractivity contribution in [2.45, 2.75) is 57.5 Å². The molecular formula is C21H31N3S. The van der Waals surface area contributed by atoms with E-state index in [0.717, 1.165) is 24.1 Å². The zero-order chi connectivity index (χ0) is 17.2.